The Morgan fingerprint density at radius 1 is 1.58 bits per heavy atom. The van der Waals surface area contributed by atoms with Crippen LogP contribution in [0.25, 0.3) is 0 Å². The summed E-state index contributed by atoms with van der Waals surface area (Å²) in [5.74, 6) is -1.02. The molecule has 0 aromatic carbocycles. The van der Waals surface area contributed by atoms with E-state index >= 15 is 0 Å². The molecule has 5 N–H and O–H groups in total. The maximum atomic E-state index is 11.0. The lowest BCUT2D eigenvalue weighted by Gasteiger charge is -2.18. The molecule has 1 atom stereocenters. The second kappa shape index (κ2) is 4.71. The summed E-state index contributed by atoms with van der Waals surface area (Å²) < 4.78 is 6.57. The van der Waals surface area contributed by atoms with Crippen LogP contribution < -0.4 is 16.8 Å². The third-order valence-corrected chi connectivity index (χ3v) is 1.45. The van der Waals surface area contributed by atoms with Gasteiger partial charge in [0.15, 0.2) is 0 Å². The van der Waals surface area contributed by atoms with Gasteiger partial charge in [0.2, 0.25) is 11.8 Å². The van der Waals surface area contributed by atoms with Gasteiger partial charge in [-0.2, -0.15) is 0 Å². The van der Waals surface area contributed by atoms with Gasteiger partial charge in [-0.05, 0) is 5.92 Å². The minimum atomic E-state index is -0.666. The van der Waals surface area contributed by atoms with Crippen molar-refractivity contribution in [2.75, 3.05) is 6.54 Å². The zero-order valence-electron chi connectivity index (χ0n) is 8.26. The van der Waals surface area contributed by atoms with Crippen LogP contribution in [0.1, 0.15) is 13.8 Å². The van der Waals surface area contributed by atoms with E-state index in [0.29, 0.717) is 0 Å². The first kappa shape index (κ1) is 8.99. The van der Waals surface area contributed by atoms with Crippen molar-refractivity contribution < 1.29 is 11.0 Å². The first-order chi connectivity index (χ1) is 5.99. The topological polar surface area (TPSA) is 98.2 Å². The van der Waals surface area contributed by atoms with E-state index in [-0.39, 0.29) is 12.5 Å². The highest BCUT2D eigenvalue weighted by molar-refractivity contribution is 5.87. The second-order valence-electron chi connectivity index (χ2n) is 2.87. The number of rotatable bonds is 5. The molecule has 0 rings (SSSR count). The predicted molar refractivity (Wildman–Crippen MR) is 45.0 cm³/mol. The van der Waals surface area contributed by atoms with Crippen molar-refractivity contribution in [3.05, 3.63) is 0 Å². The van der Waals surface area contributed by atoms with Crippen LogP contribution in [-0.2, 0) is 9.59 Å². The monoisotopic (exact) mass is 174 g/mol. The van der Waals surface area contributed by atoms with Gasteiger partial charge in [0.25, 0.3) is 0 Å². The van der Waals surface area contributed by atoms with E-state index in [0.717, 1.165) is 0 Å². The molecular weight excluding hydrogens is 158 g/mol. The molecule has 0 saturated heterocycles. The molecule has 0 spiro atoms. The van der Waals surface area contributed by atoms with Crippen molar-refractivity contribution in [3.8, 4) is 0 Å². The normalized spacial score (nSPS) is 13.8. The van der Waals surface area contributed by atoms with Crippen LogP contribution in [0.2, 0.25) is 1.41 Å². The lowest BCUT2D eigenvalue weighted by Crippen LogP contribution is -2.49. The van der Waals surface area contributed by atoms with Crippen LogP contribution in [-0.4, -0.2) is 24.4 Å². The number of nitrogens with two attached hydrogens (primary N) is 2. The lowest BCUT2D eigenvalue weighted by molar-refractivity contribution is -0.127. The van der Waals surface area contributed by atoms with E-state index in [2.05, 4.69) is 5.32 Å². The fourth-order valence-electron chi connectivity index (χ4n) is 0.791. The Morgan fingerprint density at radius 2 is 2.17 bits per heavy atom. The molecule has 0 aliphatic carbocycles. The fraction of sp³-hybridized carbons (Fsp3) is 0.714. The predicted octanol–water partition coefficient (Wildman–Crippen LogP) is -1.43. The van der Waals surface area contributed by atoms with Gasteiger partial charge in [-0.1, -0.05) is 13.8 Å². The molecule has 5 heteroatoms. The first-order valence-corrected chi connectivity index (χ1v) is 3.72. The summed E-state index contributed by atoms with van der Waals surface area (Å²) in [6.45, 7) is 3.42. The molecule has 0 unspecified atom stereocenters. The Labute approximate surface area is 72.9 Å². The van der Waals surface area contributed by atoms with Crippen molar-refractivity contribution in [1.29, 1.82) is 0 Å². The molecule has 0 saturated carbocycles. The SMILES string of the molecule is [2H]NCC(=O)N[C@H](C(N)=O)C(C)C. The van der Waals surface area contributed by atoms with Crippen LogP contribution in [0, 0.1) is 5.92 Å². The van der Waals surface area contributed by atoms with Gasteiger partial charge in [0, 0.05) is 0 Å². The van der Waals surface area contributed by atoms with Crippen LogP contribution >= 0.6 is 0 Å². The van der Waals surface area contributed by atoms with Crippen molar-refractivity contribution in [2.24, 2.45) is 17.4 Å². The summed E-state index contributed by atoms with van der Waals surface area (Å²) in [6, 6.07) is -0.666. The second-order valence-corrected chi connectivity index (χ2v) is 2.87. The van der Waals surface area contributed by atoms with E-state index < -0.39 is 17.9 Å². The van der Waals surface area contributed by atoms with Gasteiger partial charge in [-0.25, -0.2) is 0 Å². The average Bonchev–Trinajstić information content (AvgIpc) is 1.99. The van der Waals surface area contributed by atoms with Gasteiger partial charge in [0.05, 0.1) is 6.54 Å². The van der Waals surface area contributed by atoms with Crippen LogP contribution in [0.4, 0.5) is 0 Å². The number of amides is 2. The molecule has 0 heterocycles. The molecule has 2 amide bonds. The average molecular weight is 174 g/mol. The molecule has 5 nitrogen and oxygen atoms in total. The van der Waals surface area contributed by atoms with Gasteiger partial charge in [-0.15, -0.1) is 0 Å². The lowest BCUT2D eigenvalue weighted by atomic mass is 10.0. The molecule has 0 aliphatic rings. The summed E-state index contributed by atoms with van der Waals surface area (Å²) in [4.78, 5) is 21.8. The Balaban J connectivity index is 4.10. The van der Waals surface area contributed by atoms with E-state index in [1.807, 2.05) is 5.73 Å². The number of nitrogens with one attached hydrogen (secondary N) is 1. The number of hydrogen-bond donors (Lipinski definition) is 3. The molecule has 0 bridgehead atoms. The molecule has 0 radical (unpaired) electrons. The Hall–Kier alpha value is -1.10. The maximum absolute atomic E-state index is 11.0. The van der Waals surface area contributed by atoms with Crippen molar-refractivity contribution in [1.82, 2.24) is 5.32 Å². The summed E-state index contributed by atoms with van der Waals surface area (Å²) in [5, 5.41) is 2.42. The minimum Gasteiger partial charge on any atom is -0.368 e. The standard InChI is InChI=1S/C7H15N3O2/c1-4(2)6(7(9)12)10-5(11)3-8/h4,6H,3,8H2,1-2H3,(H2,9,12)(H,10,11)/t6-/m0/s1/i/hD. The van der Waals surface area contributed by atoms with Crippen molar-refractivity contribution >= 4 is 11.8 Å². The number of carbonyl (C=O) groups is 2. The van der Waals surface area contributed by atoms with E-state index in [4.69, 9.17) is 7.15 Å². The van der Waals surface area contributed by atoms with Crippen molar-refractivity contribution in [2.45, 2.75) is 19.9 Å². The maximum Gasteiger partial charge on any atom is 0.240 e. The molecular formula is C7H15N3O2. The van der Waals surface area contributed by atoms with E-state index in [1.165, 1.54) is 0 Å². The van der Waals surface area contributed by atoms with E-state index in [9.17, 15) is 9.59 Å². The largest absolute Gasteiger partial charge is 0.368 e. The number of primary amides is 1. The number of hydrogen-bond acceptors (Lipinski definition) is 3. The Kier molecular flexibility index (Phi) is 3.53. The van der Waals surface area contributed by atoms with Crippen LogP contribution in [0.5, 0.6) is 0 Å². The highest BCUT2D eigenvalue weighted by Crippen LogP contribution is 1.99. The molecule has 0 aromatic heterocycles. The molecule has 0 fully saturated rings. The fourth-order valence-corrected chi connectivity index (χ4v) is 0.791. The number of carbonyl (C=O) groups excluding carboxylic acids is 2. The van der Waals surface area contributed by atoms with Crippen molar-refractivity contribution in [3.63, 3.8) is 0 Å². The summed E-state index contributed by atoms with van der Waals surface area (Å²) >= 11 is 0. The summed E-state index contributed by atoms with van der Waals surface area (Å²) in [7, 11) is 0. The van der Waals surface area contributed by atoms with Gasteiger partial charge < -0.3 is 16.8 Å². The van der Waals surface area contributed by atoms with Crippen LogP contribution in [0.15, 0.2) is 0 Å². The molecule has 70 valence electrons. The first-order valence-electron chi connectivity index (χ1n) is 4.22. The smallest absolute Gasteiger partial charge is 0.240 e. The third kappa shape index (κ3) is 3.34. The molecule has 12 heavy (non-hydrogen) atoms. The van der Waals surface area contributed by atoms with Gasteiger partial charge >= 0.3 is 0 Å². The molecule has 0 aliphatic heterocycles. The zero-order valence-corrected chi connectivity index (χ0v) is 7.26. The third-order valence-electron chi connectivity index (χ3n) is 1.45. The van der Waals surface area contributed by atoms with Gasteiger partial charge in [-0.3, -0.25) is 9.59 Å². The Morgan fingerprint density at radius 3 is 2.50 bits per heavy atom. The summed E-state index contributed by atoms with van der Waals surface area (Å²) in [6.07, 6.45) is 0. The Bertz CT molecular complexity index is 196. The quantitative estimate of drug-likeness (QED) is 0.476. The van der Waals surface area contributed by atoms with Crippen LogP contribution in [0.3, 0.4) is 0 Å². The van der Waals surface area contributed by atoms with E-state index in [1.54, 1.807) is 13.8 Å². The van der Waals surface area contributed by atoms with Gasteiger partial charge in [0.1, 0.15) is 7.45 Å². The zero-order chi connectivity index (χ0) is 10.4. The molecule has 0 aromatic rings. The highest BCUT2D eigenvalue weighted by atomic mass is 16.2. The summed E-state index contributed by atoms with van der Waals surface area (Å²) in [5.41, 5.74) is 7.00. The highest BCUT2D eigenvalue weighted by Gasteiger charge is 2.20. The minimum absolute atomic E-state index is 0.0489.